The highest BCUT2D eigenvalue weighted by Gasteiger charge is 2.20. The zero-order valence-corrected chi connectivity index (χ0v) is 12.8. The van der Waals surface area contributed by atoms with Crippen molar-refractivity contribution < 1.29 is 0 Å². The molecule has 3 heterocycles. The number of fused-ring (bicyclic) bond motifs is 1. The van der Waals surface area contributed by atoms with Gasteiger partial charge in [0.15, 0.2) is 5.65 Å². The van der Waals surface area contributed by atoms with Gasteiger partial charge >= 0.3 is 0 Å². The molecule has 0 aliphatic carbocycles. The normalized spacial score (nSPS) is 16.8. The first-order valence-corrected chi connectivity index (χ1v) is 7.78. The van der Waals surface area contributed by atoms with Crippen molar-refractivity contribution in [1.29, 1.82) is 0 Å². The van der Waals surface area contributed by atoms with Crippen molar-refractivity contribution in [2.75, 3.05) is 24.5 Å². The Kier molecular flexibility index (Phi) is 4.29. The molecule has 0 spiro atoms. The van der Waals surface area contributed by atoms with Crippen LogP contribution in [0.5, 0.6) is 0 Å². The average Bonchev–Trinajstić information content (AvgIpc) is 2.53. The van der Waals surface area contributed by atoms with E-state index in [0.29, 0.717) is 6.04 Å². The molecule has 0 bridgehead atoms. The number of pyridine rings is 1. The van der Waals surface area contributed by atoms with E-state index in [1.165, 1.54) is 12.8 Å². The van der Waals surface area contributed by atoms with Crippen LogP contribution in [-0.4, -0.2) is 40.6 Å². The van der Waals surface area contributed by atoms with E-state index < -0.39 is 0 Å². The first-order chi connectivity index (χ1) is 10.2. The number of nitrogens with one attached hydrogen (secondary N) is 1. The molecule has 2 aromatic heterocycles. The molecule has 0 saturated carbocycles. The van der Waals surface area contributed by atoms with Crippen molar-refractivity contribution >= 4 is 17.0 Å². The lowest BCUT2D eigenvalue weighted by Crippen LogP contribution is -2.39. The minimum absolute atomic E-state index is 0.573. The molecular weight excluding hydrogens is 262 g/mol. The topological polar surface area (TPSA) is 53.9 Å². The Hall–Kier alpha value is -1.75. The lowest BCUT2D eigenvalue weighted by molar-refractivity contribution is 0.370. The van der Waals surface area contributed by atoms with Gasteiger partial charge in [0.25, 0.3) is 0 Å². The molecule has 5 heteroatoms. The van der Waals surface area contributed by atoms with Crippen molar-refractivity contribution in [3.63, 3.8) is 0 Å². The van der Waals surface area contributed by atoms with E-state index in [0.717, 1.165) is 42.5 Å². The van der Waals surface area contributed by atoms with E-state index in [2.05, 4.69) is 45.1 Å². The van der Waals surface area contributed by atoms with Crippen LogP contribution >= 0.6 is 0 Å². The summed E-state index contributed by atoms with van der Waals surface area (Å²) in [7, 11) is 0. The standard InChI is InChI=1S/C16H23N5/c1-12(2)19-11-13-5-9-21(10-6-13)15-4-3-14-16(20-15)18-8-7-17-14/h3-4,7-8,12-13,19H,5-6,9-11H2,1-2H3. The fourth-order valence-electron chi connectivity index (χ4n) is 2.79. The van der Waals surface area contributed by atoms with Gasteiger partial charge in [-0.25, -0.2) is 9.97 Å². The highest BCUT2D eigenvalue weighted by Crippen LogP contribution is 2.22. The van der Waals surface area contributed by atoms with E-state index in [-0.39, 0.29) is 0 Å². The summed E-state index contributed by atoms with van der Waals surface area (Å²) in [5.41, 5.74) is 1.59. The maximum absolute atomic E-state index is 4.63. The molecule has 21 heavy (non-hydrogen) atoms. The SMILES string of the molecule is CC(C)NCC1CCN(c2ccc3nccnc3n2)CC1. The summed E-state index contributed by atoms with van der Waals surface area (Å²) >= 11 is 0. The van der Waals surface area contributed by atoms with Gasteiger partial charge in [-0.3, -0.25) is 4.98 Å². The molecule has 0 aromatic carbocycles. The lowest BCUT2D eigenvalue weighted by atomic mass is 9.96. The predicted octanol–water partition coefficient (Wildman–Crippen LogP) is 2.24. The smallest absolute Gasteiger partial charge is 0.180 e. The second-order valence-electron chi connectivity index (χ2n) is 6.06. The van der Waals surface area contributed by atoms with Crippen LogP contribution in [0.1, 0.15) is 26.7 Å². The molecule has 2 aromatic rings. The van der Waals surface area contributed by atoms with Crippen molar-refractivity contribution in [3.8, 4) is 0 Å². The Bertz CT molecular complexity index is 590. The third kappa shape index (κ3) is 3.47. The first-order valence-electron chi connectivity index (χ1n) is 7.78. The van der Waals surface area contributed by atoms with Crippen LogP contribution in [0.2, 0.25) is 0 Å². The minimum Gasteiger partial charge on any atom is -0.357 e. The van der Waals surface area contributed by atoms with Crippen LogP contribution in [0.15, 0.2) is 24.5 Å². The predicted molar refractivity (Wildman–Crippen MR) is 85.4 cm³/mol. The Labute approximate surface area is 125 Å². The largest absolute Gasteiger partial charge is 0.357 e. The summed E-state index contributed by atoms with van der Waals surface area (Å²) in [5.74, 6) is 1.81. The summed E-state index contributed by atoms with van der Waals surface area (Å²) < 4.78 is 0. The molecule has 1 saturated heterocycles. The summed E-state index contributed by atoms with van der Waals surface area (Å²) in [6.45, 7) is 7.68. The zero-order chi connectivity index (χ0) is 14.7. The maximum atomic E-state index is 4.63. The fourth-order valence-corrected chi connectivity index (χ4v) is 2.79. The molecule has 112 valence electrons. The quantitative estimate of drug-likeness (QED) is 0.933. The summed E-state index contributed by atoms with van der Waals surface area (Å²) in [6, 6.07) is 4.64. The lowest BCUT2D eigenvalue weighted by Gasteiger charge is -2.33. The van der Waals surface area contributed by atoms with E-state index in [1.54, 1.807) is 12.4 Å². The highest BCUT2D eigenvalue weighted by molar-refractivity contribution is 5.71. The van der Waals surface area contributed by atoms with Gasteiger partial charge in [-0.15, -0.1) is 0 Å². The molecule has 1 fully saturated rings. The van der Waals surface area contributed by atoms with Crippen LogP contribution in [0.4, 0.5) is 5.82 Å². The fraction of sp³-hybridized carbons (Fsp3) is 0.562. The summed E-state index contributed by atoms with van der Waals surface area (Å²) in [4.78, 5) is 15.6. The number of piperidine rings is 1. The van der Waals surface area contributed by atoms with Crippen molar-refractivity contribution in [1.82, 2.24) is 20.3 Å². The van der Waals surface area contributed by atoms with Gasteiger partial charge in [-0.05, 0) is 37.4 Å². The van der Waals surface area contributed by atoms with Gasteiger partial charge < -0.3 is 10.2 Å². The van der Waals surface area contributed by atoms with Gasteiger partial charge in [0, 0.05) is 31.5 Å². The highest BCUT2D eigenvalue weighted by atomic mass is 15.2. The number of anilines is 1. The number of rotatable bonds is 4. The zero-order valence-electron chi connectivity index (χ0n) is 12.8. The third-order valence-electron chi connectivity index (χ3n) is 4.07. The molecule has 0 radical (unpaired) electrons. The molecule has 0 amide bonds. The second-order valence-corrected chi connectivity index (χ2v) is 6.06. The van der Waals surface area contributed by atoms with E-state index in [4.69, 9.17) is 0 Å². The molecular formula is C16H23N5. The number of hydrogen-bond donors (Lipinski definition) is 1. The second kappa shape index (κ2) is 6.35. The Morgan fingerprint density at radius 2 is 1.95 bits per heavy atom. The van der Waals surface area contributed by atoms with Crippen LogP contribution < -0.4 is 10.2 Å². The Morgan fingerprint density at radius 3 is 2.71 bits per heavy atom. The van der Waals surface area contributed by atoms with Crippen LogP contribution in [-0.2, 0) is 0 Å². The summed E-state index contributed by atoms with van der Waals surface area (Å²) in [5, 5.41) is 3.54. The number of hydrogen-bond acceptors (Lipinski definition) is 5. The third-order valence-corrected chi connectivity index (χ3v) is 4.07. The molecule has 3 rings (SSSR count). The van der Waals surface area contributed by atoms with Crippen LogP contribution in [0.3, 0.4) is 0 Å². The molecule has 0 atom stereocenters. The van der Waals surface area contributed by atoms with E-state index in [9.17, 15) is 0 Å². The molecule has 1 aliphatic heterocycles. The Morgan fingerprint density at radius 1 is 1.19 bits per heavy atom. The van der Waals surface area contributed by atoms with Crippen molar-refractivity contribution in [3.05, 3.63) is 24.5 Å². The summed E-state index contributed by atoms with van der Waals surface area (Å²) in [6.07, 6.45) is 5.85. The van der Waals surface area contributed by atoms with Gasteiger partial charge in [0.1, 0.15) is 11.3 Å². The Balaban J connectivity index is 1.62. The first kappa shape index (κ1) is 14.2. The molecule has 1 aliphatic rings. The number of nitrogens with zero attached hydrogens (tertiary/aromatic N) is 4. The van der Waals surface area contributed by atoms with Crippen LogP contribution in [0, 0.1) is 5.92 Å². The van der Waals surface area contributed by atoms with E-state index in [1.807, 2.05) is 6.07 Å². The monoisotopic (exact) mass is 285 g/mol. The van der Waals surface area contributed by atoms with Crippen molar-refractivity contribution in [2.24, 2.45) is 5.92 Å². The van der Waals surface area contributed by atoms with E-state index >= 15 is 0 Å². The van der Waals surface area contributed by atoms with Gasteiger partial charge in [-0.1, -0.05) is 13.8 Å². The molecule has 5 nitrogen and oxygen atoms in total. The van der Waals surface area contributed by atoms with Gasteiger partial charge in [0.05, 0.1) is 0 Å². The maximum Gasteiger partial charge on any atom is 0.180 e. The number of aromatic nitrogens is 3. The minimum atomic E-state index is 0.573. The van der Waals surface area contributed by atoms with Gasteiger partial charge in [0.2, 0.25) is 0 Å². The van der Waals surface area contributed by atoms with Crippen molar-refractivity contribution in [2.45, 2.75) is 32.7 Å². The van der Waals surface area contributed by atoms with Crippen LogP contribution in [0.25, 0.3) is 11.2 Å². The molecule has 0 unspecified atom stereocenters. The van der Waals surface area contributed by atoms with Gasteiger partial charge in [-0.2, -0.15) is 0 Å². The average molecular weight is 285 g/mol. The molecule has 1 N–H and O–H groups in total.